The van der Waals surface area contributed by atoms with E-state index in [1.54, 1.807) is 10.7 Å². The predicted octanol–water partition coefficient (Wildman–Crippen LogP) is 1.36. The van der Waals surface area contributed by atoms with Gasteiger partial charge in [-0.3, -0.25) is 0 Å². The van der Waals surface area contributed by atoms with Crippen LogP contribution in [0.1, 0.15) is 26.5 Å². The second-order valence-electron chi connectivity index (χ2n) is 4.98. The van der Waals surface area contributed by atoms with Crippen molar-refractivity contribution in [3.05, 3.63) is 24.2 Å². The van der Waals surface area contributed by atoms with Crippen molar-refractivity contribution in [3.8, 4) is 5.88 Å². The van der Waals surface area contributed by atoms with E-state index in [4.69, 9.17) is 10.5 Å². The topological polar surface area (TPSA) is 65.4 Å². The third kappa shape index (κ3) is 2.39. The van der Waals surface area contributed by atoms with E-state index in [1.165, 1.54) is 0 Å². The quantitative estimate of drug-likeness (QED) is 0.871. The van der Waals surface area contributed by atoms with Gasteiger partial charge in [-0.2, -0.15) is 5.10 Å². The van der Waals surface area contributed by atoms with Crippen LogP contribution in [0.4, 0.5) is 0 Å². The highest BCUT2D eigenvalue weighted by atomic mass is 16.5. The first-order chi connectivity index (χ1) is 8.02. The van der Waals surface area contributed by atoms with Crippen molar-refractivity contribution in [2.75, 3.05) is 13.2 Å². The van der Waals surface area contributed by atoms with Crippen LogP contribution >= 0.6 is 0 Å². The van der Waals surface area contributed by atoms with Crippen molar-refractivity contribution in [2.24, 2.45) is 5.73 Å². The fraction of sp³-hybridized carbons (Fsp3) is 0.500. The molecule has 2 aromatic heterocycles. The second kappa shape index (κ2) is 4.33. The molecule has 0 saturated carbocycles. The molecule has 92 valence electrons. The van der Waals surface area contributed by atoms with E-state index in [0.29, 0.717) is 19.0 Å². The van der Waals surface area contributed by atoms with Crippen molar-refractivity contribution in [1.82, 2.24) is 14.6 Å². The summed E-state index contributed by atoms with van der Waals surface area (Å²) in [7, 11) is 0. The van der Waals surface area contributed by atoms with E-state index in [-0.39, 0.29) is 5.41 Å². The average Bonchev–Trinajstić information content (AvgIpc) is 2.70. The van der Waals surface area contributed by atoms with Gasteiger partial charge in [0.05, 0.1) is 5.69 Å². The molecule has 2 heterocycles. The van der Waals surface area contributed by atoms with Gasteiger partial charge < -0.3 is 10.5 Å². The Morgan fingerprint density at radius 2 is 2.18 bits per heavy atom. The third-order valence-corrected chi connectivity index (χ3v) is 2.48. The van der Waals surface area contributed by atoms with E-state index < -0.39 is 0 Å². The highest BCUT2D eigenvalue weighted by molar-refractivity contribution is 5.57. The molecule has 0 amide bonds. The summed E-state index contributed by atoms with van der Waals surface area (Å²) in [4.78, 5) is 4.20. The standard InChI is InChI=1S/C12H18N4O/c1-12(2,3)10-8-9-11(17-7-4-13)14-5-6-16(9)15-10/h5-6,8H,4,7,13H2,1-3H3. The van der Waals surface area contributed by atoms with E-state index in [9.17, 15) is 0 Å². The summed E-state index contributed by atoms with van der Waals surface area (Å²) < 4.78 is 7.29. The number of hydrogen-bond donors (Lipinski definition) is 1. The van der Waals surface area contributed by atoms with E-state index in [1.807, 2.05) is 12.3 Å². The molecule has 0 aromatic carbocycles. The summed E-state index contributed by atoms with van der Waals surface area (Å²) in [6.07, 6.45) is 3.50. The lowest BCUT2D eigenvalue weighted by Crippen LogP contribution is -2.11. The summed E-state index contributed by atoms with van der Waals surface area (Å²) >= 11 is 0. The highest BCUT2D eigenvalue weighted by Gasteiger charge is 2.19. The molecule has 2 N–H and O–H groups in total. The normalized spacial score (nSPS) is 12.0. The van der Waals surface area contributed by atoms with Gasteiger partial charge in [0.15, 0.2) is 0 Å². The Hall–Kier alpha value is -1.62. The molecule has 5 heteroatoms. The largest absolute Gasteiger partial charge is 0.475 e. The summed E-state index contributed by atoms with van der Waals surface area (Å²) in [5, 5.41) is 4.52. The lowest BCUT2D eigenvalue weighted by Gasteiger charge is -2.13. The van der Waals surface area contributed by atoms with Gasteiger partial charge in [-0.1, -0.05) is 20.8 Å². The van der Waals surface area contributed by atoms with Crippen LogP contribution in [0.2, 0.25) is 0 Å². The Labute approximate surface area is 101 Å². The first-order valence-corrected chi connectivity index (χ1v) is 5.70. The molecule has 0 saturated heterocycles. The van der Waals surface area contributed by atoms with Crippen molar-refractivity contribution in [2.45, 2.75) is 26.2 Å². The molecule has 0 aliphatic heterocycles. The zero-order valence-electron chi connectivity index (χ0n) is 10.5. The van der Waals surface area contributed by atoms with Gasteiger partial charge in [-0.05, 0) is 6.07 Å². The molecular formula is C12H18N4O. The number of nitrogens with two attached hydrogens (primary N) is 1. The van der Waals surface area contributed by atoms with Crippen molar-refractivity contribution >= 4 is 5.52 Å². The van der Waals surface area contributed by atoms with Crippen LogP contribution < -0.4 is 10.5 Å². The molecule has 5 nitrogen and oxygen atoms in total. The number of fused-ring (bicyclic) bond motifs is 1. The first kappa shape index (κ1) is 11.9. The van der Waals surface area contributed by atoms with Crippen LogP contribution in [0.25, 0.3) is 5.52 Å². The van der Waals surface area contributed by atoms with Gasteiger partial charge in [0, 0.05) is 24.4 Å². The summed E-state index contributed by atoms with van der Waals surface area (Å²) in [5.41, 5.74) is 7.33. The zero-order chi connectivity index (χ0) is 12.5. The Kier molecular flexibility index (Phi) is 3.02. The van der Waals surface area contributed by atoms with E-state index >= 15 is 0 Å². The molecule has 0 aliphatic carbocycles. The Morgan fingerprint density at radius 3 is 2.82 bits per heavy atom. The van der Waals surface area contributed by atoms with Crippen LogP contribution in [-0.4, -0.2) is 27.7 Å². The molecule has 2 rings (SSSR count). The lowest BCUT2D eigenvalue weighted by molar-refractivity contribution is 0.318. The molecule has 0 radical (unpaired) electrons. The smallest absolute Gasteiger partial charge is 0.240 e. The van der Waals surface area contributed by atoms with Crippen LogP contribution in [0.15, 0.2) is 18.5 Å². The fourth-order valence-corrected chi connectivity index (χ4v) is 1.53. The summed E-state index contributed by atoms with van der Waals surface area (Å²) in [6, 6.07) is 2.01. The number of ether oxygens (including phenoxy) is 1. The molecule has 0 fully saturated rings. The minimum absolute atomic E-state index is 0.0111. The molecule has 0 unspecified atom stereocenters. The van der Waals surface area contributed by atoms with Crippen molar-refractivity contribution in [1.29, 1.82) is 0 Å². The van der Waals surface area contributed by atoms with E-state index in [2.05, 4.69) is 30.9 Å². The van der Waals surface area contributed by atoms with Gasteiger partial charge in [-0.25, -0.2) is 9.50 Å². The van der Waals surface area contributed by atoms with Crippen LogP contribution in [0, 0.1) is 0 Å². The predicted molar refractivity (Wildman–Crippen MR) is 66.2 cm³/mol. The third-order valence-electron chi connectivity index (χ3n) is 2.48. The Balaban J connectivity index is 2.45. The van der Waals surface area contributed by atoms with Gasteiger partial charge >= 0.3 is 0 Å². The number of aromatic nitrogens is 3. The van der Waals surface area contributed by atoms with E-state index in [0.717, 1.165) is 11.2 Å². The SMILES string of the molecule is CC(C)(C)c1cc2c(OCCN)nccn2n1. The maximum atomic E-state index is 5.50. The van der Waals surface area contributed by atoms with Crippen LogP contribution in [0.5, 0.6) is 5.88 Å². The Morgan fingerprint density at radius 1 is 1.41 bits per heavy atom. The molecule has 0 aliphatic rings. The highest BCUT2D eigenvalue weighted by Crippen LogP contribution is 2.25. The van der Waals surface area contributed by atoms with Crippen LogP contribution in [-0.2, 0) is 5.41 Å². The fourth-order valence-electron chi connectivity index (χ4n) is 1.53. The van der Waals surface area contributed by atoms with Crippen molar-refractivity contribution in [3.63, 3.8) is 0 Å². The van der Waals surface area contributed by atoms with Gasteiger partial charge in [0.1, 0.15) is 12.1 Å². The molecule has 17 heavy (non-hydrogen) atoms. The second-order valence-corrected chi connectivity index (χ2v) is 4.98. The van der Waals surface area contributed by atoms with Gasteiger partial charge in [0.2, 0.25) is 5.88 Å². The molecule has 0 bridgehead atoms. The minimum atomic E-state index is 0.0111. The van der Waals surface area contributed by atoms with Crippen LogP contribution in [0.3, 0.4) is 0 Å². The minimum Gasteiger partial charge on any atom is -0.475 e. The summed E-state index contributed by atoms with van der Waals surface area (Å²) in [5.74, 6) is 0.584. The molecule has 0 atom stereocenters. The zero-order valence-corrected chi connectivity index (χ0v) is 10.5. The van der Waals surface area contributed by atoms with Gasteiger partial charge in [-0.15, -0.1) is 0 Å². The molecular weight excluding hydrogens is 216 g/mol. The monoisotopic (exact) mass is 234 g/mol. The summed E-state index contributed by atoms with van der Waals surface area (Å²) in [6.45, 7) is 7.32. The maximum Gasteiger partial charge on any atom is 0.240 e. The molecule has 0 spiro atoms. The lowest BCUT2D eigenvalue weighted by atomic mass is 9.92. The Bertz CT molecular complexity index is 513. The average molecular weight is 234 g/mol. The first-order valence-electron chi connectivity index (χ1n) is 5.70. The number of rotatable bonds is 3. The number of hydrogen-bond acceptors (Lipinski definition) is 4. The van der Waals surface area contributed by atoms with Crippen molar-refractivity contribution < 1.29 is 4.74 Å². The molecule has 2 aromatic rings. The maximum absolute atomic E-state index is 5.50. The van der Waals surface area contributed by atoms with Gasteiger partial charge in [0.25, 0.3) is 0 Å². The number of nitrogens with zero attached hydrogens (tertiary/aromatic N) is 3.